The van der Waals surface area contributed by atoms with E-state index in [4.69, 9.17) is 4.74 Å². The Bertz CT molecular complexity index is 1260. The highest BCUT2D eigenvalue weighted by molar-refractivity contribution is 5.76. The summed E-state index contributed by atoms with van der Waals surface area (Å²) >= 11 is 0. The molecule has 2 atom stereocenters. The standard InChI is InChI=1S/C77H151NO5/c1-3-5-7-9-11-13-15-17-19-21-22-23-24-29-32-35-38-41-45-49-53-57-61-65-69-75(80)74(73-79)78-76(81)70-66-62-58-54-50-46-42-39-36-33-30-27-25-26-28-31-34-37-40-44-48-52-56-60-64-68-72-83-77(82)71-67-63-59-55-51-47-43-20-18-16-14-12-10-8-6-4-2/h25,27,74-75,79-80H,3-24,26,28-73H2,1-2H3,(H,78,81)/b27-25-. The molecule has 0 radical (unpaired) electrons. The molecule has 6 heteroatoms. The summed E-state index contributed by atoms with van der Waals surface area (Å²) in [5.41, 5.74) is 0. The van der Waals surface area contributed by atoms with Crippen LogP contribution in [0.3, 0.4) is 0 Å². The van der Waals surface area contributed by atoms with Crippen molar-refractivity contribution >= 4 is 11.9 Å². The van der Waals surface area contributed by atoms with Gasteiger partial charge in [0, 0.05) is 12.8 Å². The molecule has 6 nitrogen and oxygen atoms in total. The second kappa shape index (κ2) is 73.1. The highest BCUT2D eigenvalue weighted by atomic mass is 16.5. The van der Waals surface area contributed by atoms with Gasteiger partial charge < -0.3 is 20.3 Å². The molecule has 0 aromatic rings. The van der Waals surface area contributed by atoms with Crippen molar-refractivity contribution in [1.82, 2.24) is 5.32 Å². The number of rotatable bonds is 73. The van der Waals surface area contributed by atoms with Gasteiger partial charge in [-0.15, -0.1) is 0 Å². The Morgan fingerprint density at radius 3 is 0.855 bits per heavy atom. The van der Waals surface area contributed by atoms with Crippen molar-refractivity contribution in [2.75, 3.05) is 13.2 Å². The number of unbranched alkanes of at least 4 members (excludes halogenated alkanes) is 60. The second-order valence-electron chi connectivity index (χ2n) is 26.7. The molecule has 83 heavy (non-hydrogen) atoms. The average molecular weight is 1170 g/mol. The van der Waals surface area contributed by atoms with Crippen molar-refractivity contribution in [1.29, 1.82) is 0 Å². The predicted molar refractivity (Wildman–Crippen MR) is 366 cm³/mol. The molecule has 0 aliphatic carbocycles. The van der Waals surface area contributed by atoms with Crippen LogP contribution in [-0.4, -0.2) is 47.4 Å². The highest BCUT2D eigenvalue weighted by Crippen LogP contribution is 2.20. The lowest BCUT2D eigenvalue weighted by molar-refractivity contribution is -0.143. The van der Waals surface area contributed by atoms with Crippen molar-refractivity contribution < 1.29 is 24.5 Å². The van der Waals surface area contributed by atoms with Crippen LogP contribution in [-0.2, 0) is 14.3 Å². The van der Waals surface area contributed by atoms with Crippen molar-refractivity contribution in [2.45, 2.75) is 456 Å². The fourth-order valence-electron chi connectivity index (χ4n) is 12.5. The zero-order chi connectivity index (χ0) is 59.9. The van der Waals surface area contributed by atoms with Gasteiger partial charge in [0.15, 0.2) is 0 Å². The van der Waals surface area contributed by atoms with Crippen LogP contribution < -0.4 is 5.32 Å². The quantitative estimate of drug-likeness (QED) is 0.0320. The minimum atomic E-state index is -0.667. The summed E-state index contributed by atoms with van der Waals surface area (Å²) in [6.45, 7) is 5.01. The molecule has 1 amide bonds. The Labute approximate surface area is 520 Å². The van der Waals surface area contributed by atoms with Crippen LogP contribution in [0.25, 0.3) is 0 Å². The molecule has 0 saturated heterocycles. The summed E-state index contributed by atoms with van der Waals surface area (Å²) in [5, 5.41) is 23.5. The molecule has 0 bridgehead atoms. The molecule has 0 heterocycles. The van der Waals surface area contributed by atoms with Gasteiger partial charge in [-0.25, -0.2) is 0 Å². The molecule has 0 spiro atoms. The first-order valence-electron chi connectivity index (χ1n) is 38.4. The van der Waals surface area contributed by atoms with Crippen LogP contribution in [0.15, 0.2) is 12.2 Å². The van der Waals surface area contributed by atoms with Gasteiger partial charge in [-0.1, -0.05) is 392 Å². The smallest absolute Gasteiger partial charge is 0.305 e. The lowest BCUT2D eigenvalue weighted by atomic mass is 10.0. The Morgan fingerprint density at radius 1 is 0.325 bits per heavy atom. The molecule has 0 saturated carbocycles. The predicted octanol–water partition coefficient (Wildman–Crippen LogP) is 25.1. The van der Waals surface area contributed by atoms with Crippen LogP contribution >= 0.6 is 0 Å². The maximum Gasteiger partial charge on any atom is 0.305 e. The molecule has 0 aromatic heterocycles. The first-order chi connectivity index (χ1) is 41.0. The molecule has 0 aromatic carbocycles. The number of ether oxygens (including phenoxy) is 1. The number of esters is 1. The van der Waals surface area contributed by atoms with Gasteiger partial charge >= 0.3 is 5.97 Å². The van der Waals surface area contributed by atoms with Crippen molar-refractivity contribution in [3.8, 4) is 0 Å². The molecule has 0 rings (SSSR count). The summed E-state index contributed by atoms with van der Waals surface area (Å²) in [6, 6.07) is -0.544. The maximum absolute atomic E-state index is 12.6. The summed E-state index contributed by atoms with van der Waals surface area (Å²) in [6.07, 6.45) is 91.4. The third-order valence-electron chi connectivity index (χ3n) is 18.3. The van der Waals surface area contributed by atoms with Crippen molar-refractivity contribution in [2.24, 2.45) is 0 Å². The summed E-state index contributed by atoms with van der Waals surface area (Å²) in [7, 11) is 0. The Balaban J connectivity index is 3.37. The Kier molecular flexibility index (Phi) is 71.8. The number of hydrogen-bond donors (Lipinski definition) is 3. The number of aliphatic hydroxyl groups excluding tert-OH is 2. The number of carbonyl (C=O) groups is 2. The number of nitrogens with one attached hydrogen (secondary N) is 1. The number of carbonyl (C=O) groups excluding carboxylic acids is 2. The Hall–Kier alpha value is -1.40. The van der Waals surface area contributed by atoms with Gasteiger partial charge in [0.25, 0.3) is 0 Å². The van der Waals surface area contributed by atoms with E-state index in [2.05, 4.69) is 31.3 Å². The van der Waals surface area contributed by atoms with Crippen LogP contribution in [0.4, 0.5) is 0 Å². The fraction of sp³-hybridized carbons (Fsp3) is 0.948. The van der Waals surface area contributed by atoms with Gasteiger partial charge in [-0.3, -0.25) is 9.59 Å². The van der Waals surface area contributed by atoms with E-state index < -0.39 is 12.1 Å². The molecule has 0 fully saturated rings. The lowest BCUT2D eigenvalue weighted by Gasteiger charge is -2.22. The van der Waals surface area contributed by atoms with Crippen molar-refractivity contribution in [3.05, 3.63) is 12.2 Å². The van der Waals surface area contributed by atoms with Gasteiger partial charge in [-0.2, -0.15) is 0 Å². The highest BCUT2D eigenvalue weighted by Gasteiger charge is 2.20. The topological polar surface area (TPSA) is 95.9 Å². The second-order valence-corrected chi connectivity index (χ2v) is 26.7. The third kappa shape index (κ3) is 69.6. The normalized spacial score (nSPS) is 12.5. The number of allylic oxidation sites excluding steroid dienone is 2. The summed E-state index contributed by atoms with van der Waals surface area (Å²) in [4.78, 5) is 24.7. The van der Waals surface area contributed by atoms with E-state index in [1.54, 1.807) is 0 Å². The molecule has 3 N–H and O–H groups in total. The average Bonchev–Trinajstić information content (AvgIpc) is 3.49. The van der Waals surface area contributed by atoms with Crippen LogP contribution in [0.2, 0.25) is 0 Å². The number of amides is 1. The summed E-state index contributed by atoms with van der Waals surface area (Å²) < 4.78 is 5.51. The van der Waals surface area contributed by atoms with E-state index in [1.165, 1.54) is 372 Å². The molecule has 494 valence electrons. The Morgan fingerprint density at radius 2 is 0.566 bits per heavy atom. The fourth-order valence-corrected chi connectivity index (χ4v) is 12.5. The third-order valence-corrected chi connectivity index (χ3v) is 18.3. The van der Waals surface area contributed by atoms with Crippen LogP contribution in [0.1, 0.15) is 444 Å². The lowest BCUT2D eigenvalue weighted by Crippen LogP contribution is -2.45. The molecule has 0 aliphatic heterocycles. The van der Waals surface area contributed by atoms with Crippen LogP contribution in [0, 0.1) is 0 Å². The van der Waals surface area contributed by atoms with Gasteiger partial charge in [0.2, 0.25) is 5.91 Å². The molecule has 0 aliphatic rings. The SMILES string of the molecule is CCCCCCCCCCCCCCCCCCCCCCCCCCC(O)C(CO)NC(=O)CCCCCCCCCCCC/C=C\CCCCCCCCCCCCCCOC(=O)CCCCCCCCCCCCCCCCCC. The van der Waals surface area contributed by atoms with E-state index in [-0.39, 0.29) is 18.5 Å². The van der Waals surface area contributed by atoms with Gasteiger partial charge in [0.05, 0.1) is 25.4 Å². The first-order valence-corrected chi connectivity index (χ1v) is 38.4. The van der Waals surface area contributed by atoms with E-state index in [9.17, 15) is 19.8 Å². The van der Waals surface area contributed by atoms with E-state index in [1.807, 2.05) is 0 Å². The summed E-state index contributed by atoms with van der Waals surface area (Å²) in [5.74, 6) is -0.0118. The van der Waals surface area contributed by atoms with Crippen molar-refractivity contribution in [3.63, 3.8) is 0 Å². The van der Waals surface area contributed by atoms with Crippen LogP contribution in [0.5, 0.6) is 0 Å². The number of aliphatic hydroxyl groups is 2. The molecule has 2 unspecified atom stereocenters. The molecular formula is C77H151NO5. The number of hydrogen-bond acceptors (Lipinski definition) is 5. The molecular weight excluding hydrogens is 1020 g/mol. The zero-order valence-corrected chi connectivity index (χ0v) is 56.7. The largest absolute Gasteiger partial charge is 0.466 e. The van der Waals surface area contributed by atoms with Gasteiger partial charge in [0.1, 0.15) is 0 Å². The van der Waals surface area contributed by atoms with E-state index in [0.29, 0.717) is 25.9 Å². The maximum atomic E-state index is 12.6. The first kappa shape index (κ1) is 81.6. The van der Waals surface area contributed by atoms with Gasteiger partial charge in [-0.05, 0) is 51.4 Å². The minimum absolute atomic E-state index is 0.0192. The minimum Gasteiger partial charge on any atom is -0.466 e. The monoisotopic (exact) mass is 1170 g/mol. The van der Waals surface area contributed by atoms with E-state index >= 15 is 0 Å². The zero-order valence-electron chi connectivity index (χ0n) is 56.7. The van der Waals surface area contributed by atoms with E-state index in [0.717, 1.165) is 38.5 Å².